The number of aromatic nitrogens is 1. The highest BCUT2D eigenvalue weighted by molar-refractivity contribution is 7.07. The van der Waals surface area contributed by atoms with Crippen LogP contribution in [0.3, 0.4) is 0 Å². The van der Waals surface area contributed by atoms with Gasteiger partial charge in [0.25, 0.3) is 11.5 Å². The number of thiophene rings is 1. The zero-order valence-corrected chi connectivity index (χ0v) is 10.2. The largest absolute Gasteiger partial charge is 0.387 e. The van der Waals surface area contributed by atoms with Gasteiger partial charge >= 0.3 is 0 Å². The fourth-order valence-corrected chi connectivity index (χ4v) is 2.17. The molecule has 1 amide bonds. The van der Waals surface area contributed by atoms with Gasteiger partial charge in [-0.3, -0.25) is 9.59 Å². The molecular weight excluding hydrogens is 252 g/mol. The third kappa shape index (κ3) is 2.85. The van der Waals surface area contributed by atoms with Gasteiger partial charge in [0.1, 0.15) is 5.56 Å². The number of rotatable bonds is 4. The first-order valence-electron chi connectivity index (χ1n) is 5.34. The average Bonchev–Trinajstić information content (AvgIpc) is 2.90. The van der Waals surface area contributed by atoms with Gasteiger partial charge in [0.05, 0.1) is 6.10 Å². The van der Waals surface area contributed by atoms with Gasteiger partial charge in [0.2, 0.25) is 0 Å². The predicted molar refractivity (Wildman–Crippen MR) is 68.7 cm³/mol. The van der Waals surface area contributed by atoms with Crippen LogP contribution >= 0.6 is 11.3 Å². The van der Waals surface area contributed by atoms with E-state index in [0.717, 1.165) is 5.56 Å². The van der Waals surface area contributed by atoms with Gasteiger partial charge in [-0.05, 0) is 34.5 Å². The molecule has 3 N–H and O–H groups in total. The third-order valence-electron chi connectivity index (χ3n) is 2.45. The number of nitrogens with one attached hydrogen (secondary N) is 2. The second kappa shape index (κ2) is 5.61. The molecule has 0 spiro atoms. The van der Waals surface area contributed by atoms with Gasteiger partial charge in [-0.1, -0.05) is 0 Å². The highest BCUT2D eigenvalue weighted by Crippen LogP contribution is 2.15. The maximum absolute atomic E-state index is 11.7. The molecule has 18 heavy (non-hydrogen) atoms. The monoisotopic (exact) mass is 264 g/mol. The third-order valence-corrected chi connectivity index (χ3v) is 3.15. The first kappa shape index (κ1) is 12.5. The van der Waals surface area contributed by atoms with E-state index < -0.39 is 17.6 Å². The van der Waals surface area contributed by atoms with E-state index >= 15 is 0 Å². The Morgan fingerprint density at radius 1 is 1.50 bits per heavy atom. The van der Waals surface area contributed by atoms with Gasteiger partial charge in [0.15, 0.2) is 0 Å². The van der Waals surface area contributed by atoms with Crippen molar-refractivity contribution in [2.24, 2.45) is 0 Å². The van der Waals surface area contributed by atoms with E-state index in [1.54, 1.807) is 12.1 Å². The highest BCUT2D eigenvalue weighted by atomic mass is 32.1. The molecule has 0 radical (unpaired) electrons. The van der Waals surface area contributed by atoms with E-state index in [1.165, 1.54) is 23.6 Å². The fraction of sp³-hybridized carbons (Fsp3) is 0.167. The Morgan fingerprint density at radius 3 is 3.00 bits per heavy atom. The number of hydrogen-bond donors (Lipinski definition) is 3. The van der Waals surface area contributed by atoms with Crippen molar-refractivity contribution in [3.8, 4) is 0 Å². The number of carbonyl (C=O) groups excluding carboxylic acids is 1. The molecular formula is C12H12N2O3S. The van der Waals surface area contributed by atoms with E-state index in [2.05, 4.69) is 10.3 Å². The molecule has 0 saturated heterocycles. The van der Waals surface area contributed by atoms with Crippen LogP contribution in [0, 0.1) is 0 Å². The molecule has 2 rings (SSSR count). The lowest BCUT2D eigenvalue weighted by Crippen LogP contribution is -2.32. The van der Waals surface area contributed by atoms with Gasteiger partial charge in [0, 0.05) is 12.7 Å². The molecule has 2 heterocycles. The van der Waals surface area contributed by atoms with Crippen LogP contribution in [0.4, 0.5) is 0 Å². The Kier molecular flexibility index (Phi) is 3.91. The molecule has 0 aliphatic carbocycles. The number of H-pyrrole nitrogens is 1. The Morgan fingerprint density at radius 2 is 2.33 bits per heavy atom. The van der Waals surface area contributed by atoms with Crippen molar-refractivity contribution in [2.45, 2.75) is 6.10 Å². The van der Waals surface area contributed by atoms with E-state index in [4.69, 9.17) is 0 Å². The molecule has 0 saturated carbocycles. The lowest BCUT2D eigenvalue weighted by atomic mass is 10.2. The van der Waals surface area contributed by atoms with Crippen LogP contribution < -0.4 is 10.9 Å². The molecule has 2 aromatic heterocycles. The van der Waals surface area contributed by atoms with Crippen molar-refractivity contribution in [1.29, 1.82) is 0 Å². The minimum atomic E-state index is -0.761. The molecule has 1 unspecified atom stereocenters. The molecule has 0 bridgehead atoms. The van der Waals surface area contributed by atoms with Crippen molar-refractivity contribution >= 4 is 17.2 Å². The zero-order chi connectivity index (χ0) is 13.0. The van der Waals surface area contributed by atoms with Crippen LogP contribution in [0.5, 0.6) is 0 Å². The van der Waals surface area contributed by atoms with Gasteiger partial charge in [-0.15, -0.1) is 0 Å². The second-order valence-corrected chi connectivity index (χ2v) is 4.48. The summed E-state index contributed by atoms with van der Waals surface area (Å²) in [5.74, 6) is -0.494. The zero-order valence-electron chi connectivity index (χ0n) is 9.42. The number of amides is 1. The normalized spacial score (nSPS) is 12.1. The minimum Gasteiger partial charge on any atom is -0.387 e. The standard InChI is InChI=1S/C12H12N2O3S/c15-10(8-3-5-18-7-8)6-14-12(17)9-2-1-4-13-11(9)16/h1-5,7,10,15H,6H2,(H,13,16)(H,14,17). The first-order valence-corrected chi connectivity index (χ1v) is 6.29. The first-order chi connectivity index (χ1) is 8.68. The van der Waals surface area contributed by atoms with Crippen molar-refractivity contribution in [3.05, 3.63) is 56.6 Å². The molecule has 2 aromatic rings. The van der Waals surface area contributed by atoms with E-state index in [0.29, 0.717) is 0 Å². The number of pyridine rings is 1. The Bertz CT molecular complexity index is 577. The summed E-state index contributed by atoms with van der Waals surface area (Å²) >= 11 is 1.47. The predicted octanol–water partition coefficient (Wildman–Crippen LogP) is 0.900. The number of aromatic amines is 1. The molecule has 94 valence electrons. The SMILES string of the molecule is O=C(NCC(O)c1ccsc1)c1ccc[nH]c1=O. The summed E-state index contributed by atoms with van der Waals surface area (Å²) in [6.07, 6.45) is 0.697. The summed E-state index contributed by atoms with van der Waals surface area (Å²) in [6.45, 7) is 0.0733. The summed E-state index contributed by atoms with van der Waals surface area (Å²) in [6, 6.07) is 4.80. The Balaban J connectivity index is 1.97. The molecule has 0 fully saturated rings. The summed E-state index contributed by atoms with van der Waals surface area (Å²) in [4.78, 5) is 25.5. The average molecular weight is 264 g/mol. The quantitative estimate of drug-likeness (QED) is 0.767. The van der Waals surface area contributed by atoms with Gasteiger partial charge in [-0.25, -0.2) is 0 Å². The van der Waals surface area contributed by atoms with Crippen LogP contribution in [0.25, 0.3) is 0 Å². The molecule has 0 aromatic carbocycles. The van der Waals surface area contributed by atoms with Crippen molar-refractivity contribution in [1.82, 2.24) is 10.3 Å². The maximum Gasteiger partial charge on any atom is 0.260 e. The van der Waals surface area contributed by atoms with Crippen LogP contribution in [0.15, 0.2) is 40.0 Å². The lowest BCUT2D eigenvalue weighted by Gasteiger charge is -2.10. The van der Waals surface area contributed by atoms with Crippen LogP contribution in [-0.2, 0) is 0 Å². The molecule has 6 heteroatoms. The van der Waals surface area contributed by atoms with Crippen molar-refractivity contribution in [2.75, 3.05) is 6.54 Å². The summed E-state index contributed by atoms with van der Waals surface area (Å²) in [7, 11) is 0. The topological polar surface area (TPSA) is 82.2 Å². The smallest absolute Gasteiger partial charge is 0.260 e. The number of aliphatic hydroxyl groups excluding tert-OH is 1. The molecule has 1 atom stereocenters. The molecule has 0 aliphatic heterocycles. The minimum absolute atomic E-state index is 0.0371. The van der Waals surface area contributed by atoms with Crippen molar-refractivity contribution < 1.29 is 9.90 Å². The number of carbonyl (C=O) groups is 1. The van der Waals surface area contributed by atoms with Gasteiger partial charge < -0.3 is 15.4 Å². The van der Waals surface area contributed by atoms with Crippen LogP contribution in [0.1, 0.15) is 22.0 Å². The molecule has 0 aliphatic rings. The summed E-state index contributed by atoms with van der Waals surface area (Å²) in [5, 5.41) is 16.0. The van der Waals surface area contributed by atoms with Crippen molar-refractivity contribution in [3.63, 3.8) is 0 Å². The van der Waals surface area contributed by atoms with E-state index in [1.807, 2.05) is 10.8 Å². The summed E-state index contributed by atoms with van der Waals surface area (Å²) < 4.78 is 0. The maximum atomic E-state index is 11.7. The number of hydrogen-bond acceptors (Lipinski definition) is 4. The Hall–Kier alpha value is -1.92. The summed E-state index contributed by atoms with van der Waals surface area (Å²) in [5.41, 5.74) is 0.345. The number of aliphatic hydroxyl groups is 1. The second-order valence-electron chi connectivity index (χ2n) is 3.70. The molecule has 5 nitrogen and oxygen atoms in total. The lowest BCUT2D eigenvalue weighted by molar-refractivity contribution is 0.0915. The highest BCUT2D eigenvalue weighted by Gasteiger charge is 2.12. The van der Waals surface area contributed by atoms with E-state index in [9.17, 15) is 14.7 Å². The van der Waals surface area contributed by atoms with E-state index in [-0.39, 0.29) is 12.1 Å². The Labute approximate surface area is 107 Å². The van der Waals surface area contributed by atoms with Gasteiger partial charge in [-0.2, -0.15) is 11.3 Å². The van der Waals surface area contributed by atoms with Crippen LogP contribution in [-0.4, -0.2) is 22.5 Å². The fourth-order valence-electron chi connectivity index (χ4n) is 1.47. The van der Waals surface area contributed by atoms with Crippen LogP contribution in [0.2, 0.25) is 0 Å².